The zero-order chi connectivity index (χ0) is 16.0. The van der Waals surface area contributed by atoms with Crippen molar-refractivity contribution < 1.29 is 4.79 Å². The van der Waals surface area contributed by atoms with Crippen LogP contribution >= 0.6 is 24.8 Å². The zero-order valence-electron chi connectivity index (χ0n) is 13.9. The lowest BCUT2D eigenvalue weighted by Gasteiger charge is -2.25. The number of nitrogens with zero attached hydrogens (tertiary/aromatic N) is 1. The monoisotopic (exact) mass is 369 g/mol. The van der Waals surface area contributed by atoms with Gasteiger partial charge in [-0.05, 0) is 24.6 Å². The molecule has 4 nitrogen and oxygen atoms in total. The Morgan fingerprint density at radius 1 is 1.04 bits per heavy atom. The molecule has 1 unspecified atom stereocenters. The van der Waals surface area contributed by atoms with Crippen molar-refractivity contribution in [1.82, 2.24) is 5.32 Å². The van der Waals surface area contributed by atoms with Gasteiger partial charge in [0, 0.05) is 25.8 Å². The molecule has 0 aliphatic heterocycles. The van der Waals surface area contributed by atoms with Gasteiger partial charge in [0.2, 0.25) is 5.91 Å². The molecule has 0 aromatic heterocycles. The number of amides is 1. The van der Waals surface area contributed by atoms with Gasteiger partial charge in [0.05, 0.1) is 0 Å². The number of hydrogen-bond acceptors (Lipinski definition) is 3. The highest BCUT2D eigenvalue weighted by atomic mass is 35.5. The van der Waals surface area contributed by atoms with Crippen LogP contribution in [-0.4, -0.2) is 26.0 Å². The molecule has 2 aromatic rings. The highest BCUT2D eigenvalue weighted by Crippen LogP contribution is 2.17. The van der Waals surface area contributed by atoms with Crippen LogP contribution in [0.1, 0.15) is 12.5 Å². The third-order valence-electron chi connectivity index (χ3n) is 3.77. The summed E-state index contributed by atoms with van der Waals surface area (Å²) in [6.07, 6.45) is 0. The number of rotatable bonds is 6. The van der Waals surface area contributed by atoms with E-state index >= 15 is 0 Å². The Morgan fingerprint density at radius 3 is 2.08 bits per heavy atom. The molecule has 0 heterocycles. The van der Waals surface area contributed by atoms with Gasteiger partial charge in [-0.1, -0.05) is 48.5 Å². The minimum Gasteiger partial charge on any atom is -0.373 e. The van der Waals surface area contributed by atoms with Crippen molar-refractivity contribution in [3.63, 3.8) is 0 Å². The first-order valence-electron chi connectivity index (χ1n) is 7.40. The van der Waals surface area contributed by atoms with Crippen LogP contribution in [-0.2, 0) is 10.3 Å². The van der Waals surface area contributed by atoms with Gasteiger partial charge in [-0.3, -0.25) is 4.79 Å². The molecule has 1 atom stereocenters. The lowest BCUT2D eigenvalue weighted by atomic mass is 9.92. The van der Waals surface area contributed by atoms with Crippen molar-refractivity contribution in [2.24, 2.45) is 5.73 Å². The van der Waals surface area contributed by atoms with Gasteiger partial charge in [0.1, 0.15) is 5.54 Å². The molecule has 0 radical (unpaired) electrons. The predicted molar refractivity (Wildman–Crippen MR) is 105 cm³/mol. The maximum atomic E-state index is 12.3. The number of carbonyl (C=O) groups is 1. The van der Waals surface area contributed by atoms with Crippen molar-refractivity contribution in [2.45, 2.75) is 12.5 Å². The van der Waals surface area contributed by atoms with E-state index in [4.69, 9.17) is 5.73 Å². The van der Waals surface area contributed by atoms with E-state index in [9.17, 15) is 4.79 Å². The minimum atomic E-state index is -1.02. The van der Waals surface area contributed by atoms with E-state index < -0.39 is 5.54 Å². The third-order valence-corrected chi connectivity index (χ3v) is 3.77. The summed E-state index contributed by atoms with van der Waals surface area (Å²) in [5, 5.41) is 2.92. The fraction of sp³-hybridized carbons (Fsp3) is 0.278. The summed E-state index contributed by atoms with van der Waals surface area (Å²) in [6, 6.07) is 19.5. The van der Waals surface area contributed by atoms with Crippen LogP contribution in [0, 0.1) is 0 Å². The number of halogens is 2. The Balaban J connectivity index is 0.00000264. The Bertz CT molecular complexity index is 606. The summed E-state index contributed by atoms with van der Waals surface area (Å²) in [7, 11) is 2.00. The standard InChI is InChI=1S/C18H23N3O.2ClH/c1-18(19,15-9-5-3-6-10-15)17(22)20-13-14-21(2)16-11-7-4-8-12-16;;/h3-12H,13-14,19H2,1-2H3,(H,20,22);2*1H. The van der Waals surface area contributed by atoms with Gasteiger partial charge < -0.3 is 16.0 Å². The van der Waals surface area contributed by atoms with Gasteiger partial charge in [-0.25, -0.2) is 0 Å². The Kier molecular flexibility index (Phi) is 9.44. The van der Waals surface area contributed by atoms with Gasteiger partial charge in [0.25, 0.3) is 0 Å². The first-order chi connectivity index (χ1) is 10.5. The quantitative estimate of drug-likeness (QED) is 0.822. The highest BCUT2D eigenvalue weighted by molar-refractivity contribution is 5.87. The van der Waals surface area contributed by atoms with Gasteiger partial charge in [0.15, 0.2) is 0 Å². The number of anilines is 1. The summed E-state index contributed by atoms with van der Waals surface area (Å²) in [6.45, 7) is 3.00. The lowest BCUT2D eigenvalue weighted by molar-refractivity contribution is -0.126. The molecule has 3 N–H and O–H groups in total. The van der Waals surface area contributed by atoms with Crippen molar-refractivity contribution in [3.8, 4) is 0 Å². The molecule has 0 aliphatic carbocycles. The molecule has 0 spiro atoms. The zero-order valence-corrected chi connectivity index (χ0v) is 15.6. The van der Waals surface area contributed by atoms with Gasteiger partial charge in [-0.15, -0.1) is 24.8 Å². The molecule has 2 rings (SSSR count). The van der Waals surface area contributed by atoms with E-state index in [0.29, 0.717) is 6.54 Å². The molecule has 0 saturated heterocycles. The Labute approximate surface area is 156 Å². The SMILES string of the molecule is CN(CCNC(=O)C(C)(N)c1ccccc1)c1ccccc1.Cl.Cl. The Hall–Kier alpha value is -1.75. The van der Waals surface area contributed by atoms with E-state index in [1.54, 1.807) is 6.92 Å². The van der Waals surface area contributed by atoms with Crippen molar-refractivity contribution in [1.29, 1.82) is 0 Å². The second-order valence-electron chi connectivity index (χ2n) is 5.58. The number of carbonyl (C=O) groups excluding carboxylic acids is 1. The number of nitrogens with one attached hydrogen (secondary N) is 1. The lowest BCUT2D eigenvalue weighted by Crippen LogP contribution is -2.50. The van der Waals surface area contributed by atoms with Crippen molar-refractivity contribution >= 4 is 36.4 Å². The molecule has 24 heavy (non-hydrogen) atoms. The van der Waals surface area contributed by atoms with E-state index in [2.05, 4.69) is 10.2 Å². The first kappa shape index (κ1) is 22.2. The molecule has 0 saturated carbocycles. The van der Waals surface area contributed by atoms with Crippen LogP contribution in [0.4, 0.5) is 5.69 Å². The van der Waals surface area contributed by atoms with Crippen molar-refractivity contribution in [2.75, 3.05) is 25.0 Å². The fourth-order valence-corrected chi connectivity index (χ4v) is 2.25. The fourth-order valence-electron chi connectivity index (χ4n) is 2.25. The molecular formula is C18H25Cl2N3O. The molecule has 132 valence electrons. The molecule has 0 fully saturated rings. The largest absolute Gasteiger partial charge is 0.373 e. The second-order valence-corrected chi connectivity index (χ2v) is 5.58. The molecule has 1 amide bonds. The summed E-state index contributed by atoms with van der Waals surface area (Å²) in [4.78, 5) is 14.4. The third kappa shape index (κ3) is 5.71. The maximum absolute atomic E-state index is 12.3. The Morgan fingerprint density at radius 2 is 1.54 bits per heavy atom. The first-order valence-corrected chi connectivity index (χ1v) is 7.40. The number of hydrogen-bond donors (Lipinski definition) is 2. The van der Waals surface area contributed by atoms with Gasteiger partial charge in [-0.2, -0.15) is 0 Å². The van der Waals surface area contributed by atoms with E-state index in [0.717, 1.165) is 17.8 Å². The van der Waals surface area contributed by atoms with Crippen LogP contribution in [0.3, 0.4) is 0 Å². The number of para-hydroxylation sites is 1. The summed E-state index contributed by atoms with van der Waals surface area (Å²) >= 11 is 0. The number of benzene rings is 2. The summed E-state index contributed by atoms with van der Waals surface area (Å²) in [5.41, 5.74) is 7.09. The number of likely N-dealkylation sites (N-methyl/N-ethyl adjacent to an activating group) is 1. The van der Waals surface area contributed by atoms with Gasteiger partial charge >= 0.3 is 0 Å². The van der Waals surface area contributed by atoms with E-state index in [-0.39, 0.29) is 30.7 Å². The second kappa shape index (κ2) is 10.2. The molecule has 0 aliphatic rings. The predicted octanol–water partition coefficient (Wildman–Crippen LogP) is 2.96. The summed E-state index contributed by atoms with van der Waals surface area (Å²) < 4.78 is 0. The van der Waals surface area contributed by atoms with Crippen LogP contribution in [0.25, 0.3) is 0 Å². The molecule has 6 heteroatoms. The average molecular weight is 370 g/mol. The van der Waals surface area contributed by atoms with Crippen molar-refractivity contribution in [3.05, 3.63) is 66.2 Å². The van der Waals surface area contributed by atoms with Crippen LogP contribution in [0.15, 0.2) is 60.7 Å². The van der Waals surface area contributed by atoms with E-state index in [1.165, 1.54) is 0 Å². The molecular weight excluding hydrogens is 345 g/mol. The normalized spacial score (nSPS) is 12.1. The van der Waals surface area contributed by atoms with Crippen LogP contribution in [0.2, 0.25) is 0 Å². The average Bonchev–Trinajstić information content (AvgIpc) is 2.56. The minimum absolute atomic E-state index is 0. The smallest absolute Gasteiger partial charge is 0.244 e. The topological polar surface area (TPSA) is 58.4 Å². The highest BCUT2D eigenvalue weighted by Gasteiger charge is 2.29. The molecule has 0 bridgehead atoms. The maximum Gasteiger partial charge on any atom is 0.244 e. The summed E-state index contributed by atoms with van der Waals surface area (Å²) in [5.74, 6) is -0.167. The van der Waals surface area contributed by atoms with Crippen LogP contribution < -0.4 is 16.0 Å². The van der Waals surface area contributed by atoms with E-state index in [1.807, 2.05) is 67.7 Å². The van der Waals surface area contributed by atoms with Crippen LogP contribution in [0.5, 0.6) is 0 Å². The molecule has 2 aromatic carbocycles. The number of nitrogens with two attached hydrogens (primary N) is 1.